The molecule has 0 saturated heterocycles. The van der Waals surface area contributed by atoms with Gasteiger partial charge in [-0.25, -0.2) is 18.5 Å². The molecule has 0 aliphatic rings. The van der Waals surface area contributed by atoms with E-state index in [1.807, 2.05) is 6.92 Å². The molecule has 0 aliphatic heterocycles. The molecule has 0 unspecified atom stereocenters. The number of primary sulfonamides is 1. The van der Waals surface area contributed by atoms with Gasteiger partial charge in [0.15, 0.2) is 5.96 Å². The Kier molecular flexibility index (Phi) is 8.18. The van der Waals surface area contributed by atoms with E-state index in [1.54, 1.807) is 12.1 Å². The van der Waals surface area contributed by atoms with E-state index in [-0.39, 0.29) is 23.7 Å². The maximum absolute atomic E-state index is 12.6. The number of nitrogens with two attached hydrogens (primary N) is 1. The highest BCUT2D eigenvalue weighted by Crippen LogP contribution is 2.24. The second-order valence-corrected chi connectivity index (χ2v) is 7.87. The van der Waals surface area contributed by atoms with Crippen LogP contribution in [-0.2, 0) is 23.1 Å². The molecule has 2 rings (SSSR count). The molecule has 7 nitrogen and oxygen atoms in total. The fourth-order valence-corrected chi connectivity index (χ4v) is 3.08. The Balaban J connectivity index is 2.09. The van der Waals surface area contributed by atoms with E-state index < -0.39 is 16.6 Å². The zero-order valence-corrected chi connectivity index (χ0v) is 17.1. The third kappa shape index (κ3) is 7.48. The summed E-state index contributed by atoms with van der Waals surface area (Å²) in [6.45, 7) is -0.0821. The summed E-state index contributed by atoms with van der Waals surface area (Å²) in [6.07, 6.45) is 0. The van der Waals surface area contributed by atoms with Gasteiger partial charge in [-0.2, -0.15) is 8.78 Å². The third-order valence-electron chi connectivity index (χ3n) is 3.70. The van der Waals surface area contributed by atoms with Gasteiger partial charge < -0.3 is 15.4 Å². The Morgan fingerprint density at radius 1 is 1.21 bits per heavy atom. The highest BCUT2D eigenvalue weighted by Gasteiger charge is 2.11. The molecule has 0 atom stereocenters. The molecule has 4 N–H and O–H groups in total. The van der Waals surface area contributed by atoms with Gasteiger partial charge in [0.1, 0.15) is 5.75 Å². The summed E-state index contributed by atoms with van der Waals surface area (Å²) in [7, 11) is -3.75. The maximum Gasteiger partial charge on any atom is 0.387 e. The monoisotopic (exact) mass is 446 g/mol. The van der Waals surface area contributed by atoms with Crippen LogP contribution in [0.1, 0.15) is 18.1 Å². The zero-order valence-electron chi connectivity index (χ0n) is 15.5. The smallest absolute Gasteiger partial charge is 0.387 e. The molecule has 0 saturated carbocycles. The number of benzene rings is 2. The molecule has 158 valence electrons. The van der Waals surface area contributed by atoms with Crippen molar-refractivity contribution in [3.63, 3.8) is 0 Å². The first-order valence-electron chi connectivity index (χ1n) is 8.56. The van der Waals surface area contributed by atoms with Crippen LogP contribution in [0.2, 0.25) is 5.02 Å². The standard InChI is InChI=1S/C18H21ClF2N4O3S/c1-2-23-18(24-10-12-3-6-15(7-4-12)29(22,26)27)25-11-13-9-14(19)5-8-16(13)28-17(20)21/h3-9,17H,2,10-11H2,1H3,(H2,22,26,27)(H2,23,24,25). The summed E-state index contributed by atoms with van der Waals surface area (Å²) in [5, 5.41) is 11.5. The van der Waals surface area contributed by atoms with Gasteiger partial charge in [-0.15, -0.1) is 0 Å². The highest BCUT2D eigenvalue weighted by molar-refractivity contribution is 7.89. The van der Waals surface area contributed by atoms with Crippen molar-refractivity contribution in [2.24, 2.45) is 10.1 Å². The molecule has 11 heteroatoms. The average molecular weight is 447 g/mol. The SMILES string of the molecule is CCNC(=NCc1ccc(S(N)(=O)=O)cc1)NCc1cc(Cl)ccc1OC(F)F. The first-order chi connectivity index (χ1) is 13.7. The lowest BCUT2D eigenvalue weighted by molar-refractivity contribution is -0.0504. The molecule has 0 aliphatic carbocycles. The second-order valence-electron chi connectivity index (χ2n) is 5.87. The number of aliphatic imine (C=N–C) groups is 1. The second kappa shape index (κ2) is 10.4. The van der Waals surface area contributed by atoms with E-state index in [0.29, 0.717) is 23.1 Å². The van der Waals surface area contributed by atoms with Crippen LogP contribution in [0.5, 0.6) is 5.75 Å². The first-order valence-corrected chi connectivity index (χ1v) is 10.5. The van der Waals surface area contributed by atoms with E-state index in [2.05, 4.69) is 20.4 Å². The van der Waals surface area contributed by atoms with Gasteiger partial charge in [-0.1, -0.05) is 23.7 Å². The highest BCUT2D eigenvalue weighted by atomic mass is 35.5. The number of hydrogen-bond donors (Lipinski definition) is 3. The van der Waals surface area contributed by atoms with Gasteiger partial charge in [0, 0.05) is 23.7 Å². The molecular weight excluding hydrogens is 426 g/mol. The Morgan fingerprint density at radius 2 is 1.90 bits per heavy atom. The molecule has 0 radical (unpaired) electrons. The Hall–Kier alpha value is -2.43. The molecule has 0 aromatic heterocycles. The molecule has 2 aromatic rings. The summed E-state index contributed by atoms with van der Waals surface area (Å²) in [4.78, 5) is 4.41. The molecule has 0 fully saturated rings. The quantitative estimate of drug-likeness (QED) is 0.427. The fraction of sp³-hybridized carbons (Fsp3) is 0.278. The summed E-state index contributed by atoms with van der Waals surface area (Å²) >= 11 is 5.95. The number of alkyl halides is 2. The number of ether oxygens (including phenoxy) is 1. The van der Waals surface area contributed by atoms with Gasteiger partial charge in [0.25, 0.3) is 0 Å². The lowest BCUT2D eigenvalue weighted by atomic mass is 10.2. The average Bonchev–Trinajstić information content (AvgIpc) is 2.65. The maximum atomic E-state index is 12.6. The number of sulfonamides is 1. The van der Waals surface area contributed by atoms with Crippen molar-refractivity contribution in [2.45, 2.75) is 31.5 Å². The van der Waals surface area contributed by atoms with Gasteiger partial charge in [-0.3, -0.25) is 0 Å². The lowest BCUT2D eigenvalue weighted by Gasteiger charge is -2.14. The summed E-state index contributed by atoms with van der Waals surface area (Å²) < 4.78 is 52.3. The Labute approximate surface area is 173 Å². The normalized spacial score (nSPS) is 12.1. The van der Waals surface area contributed by atoms with E-state index >= 15 is 0 Å². The van der Waals surface area contributed by atoms with Crippen LogP contribution in [0.3, 0.4) is 0 Å². The van der Waals surface area contributed by atoms with Crippen LogP contribution >= 0.6 is 11.6 Å². The van der Waals surface area contributed by atoms with Crippen molar-refractivity contribution in [1.29, 1.82) is 0 Å². The Bertz CT molecular complexity index is 954. The minimum Gasteiger partial charge on any atom is -0.434 e. The molecular formula is C18H21ClF2N4O3S. The van der Waals surface area contributed by atoms with Crippen LogP contribution in [0.15, 0.2) is 52.4 Å². The molecule has 0 heterocycles. The van der Waals surface area contributed by atoms with Crippen LogP contribution in [-0.4, -0.2) is 27.5 Å². The lowest BCUT2D eigenvalue weighted by Crippen LogP contribution is -2.36. The number of hydrogen-bond acceptors (Lipinski definition) is 4. The van der Waals surface area contributed by atoms with Crippen LogP contribution in [0, 0.1) is 0 Å². The number of rotatable bonds is 8. The Morgan fingerprint density at radius 3 is 2.48 bits per heavy atom. The van der Waals surface area contributed by atoms with Crippen LogP contribution < -0.4 is 20.5 Å². The van der Waals surface area contributed by atoms with Gasteiger partial charge in [0.05, 0.1) is 11.4 Å². The van der Waals surface area contributed by atoms with E-state index in [9.17, 15) is 17.2 Å². The van der Waals surface area contributed by atoms with Gasteiger partial charge in [0.2, 0.25) is 10.0 Å². The summed E-state index contributed by atoms with van der Waals surface area (Å²) in [6, 6.07) is 10.4. The van der Waals surface area contributed by atoms with Crippen LogP contribution in [0.4, 0.5) is 8.78 Å². The van der Waals surface area contributed by atoms with Gasteiger partial charge >= 0.3 is 6.61 Å². The summed E-state index contributed by atoms with van der Waals surface area (Å²) in [5.74, 6) is 0.456. The molecule has 29 heavy (non-hydrogen) atoms. The van der Waals surface area contributed by atoms with E-state index in [4.69, 9.17) is 16.7 Å². The predicted octanol–water partition coefficient (Wildman–Crippen LogP) is 2.84. The van der Waals surface area contributed by atoms with Crippen molar-refractivity contribution in [2.75, 3.05) is 6.54 Å². The topological polar surface area (TPSA) is 106 Å². The van der Waals surface area contributed by atoms with E-state index in [1.165, 1.54) is 30.3 Å². The van der Waals surface area contributed by atoms with Crippen LogP contribution in [0.25, 0.3) is 0 Å². The van der Waals surface area contributed by atoms with Crippen molar-refractivity contribution < 1.29 is 21.9 Å². The first kappa shape index (κ1) is 22.9. The molecule has 0 bridgehead atoms. The predicted molar refractivity (Wildman–Crippen MR) is 108 cm³/mol. The van der Waals surface area contributed by atoms with Crippen molar-refractivity contribution in [3.8, 4) is 5.75 Å². The number of nitrogens with zero attached hydrogens (tertiary/aromatic N) is 1. The molecule has 2 aromatic carbocycles. The minimum absolute atomic E-state index is 0.0165. The minimum atomic E-state index is -3.75. The summed E-state index contributed by atoms with van der Waals surface area (Å²) in [5.41, 5.74) is 1.21. The number of guanidine groups is 1. The largest absolute Gasteiger partial charge is 0.434 e. The fourth-order valence-electron chi connectivity index (χ4n) is 2.37. The van der Waals surface area contributed by atoms with Crippen molar-refractivity contribution in [3.05, 3.63) is 58.6 Å². The van der Waals surface area contributed by atoms with E-state index in [0.717, 1.165) is 5.56 Å². The number of nitrogens with one attached hydrogen (secondary N) is 2. The third-order valence-corrected chi connectivity index (χ3v) is 4.87. The van der Waals surface area contributed by atoms with Gasteiger partial charge in [-0.05, 0) is 42.8 Å². The van der Waals surface area contributed by atoms with Crippen molar-refractivity contribution >= 4 is 27.6 Å². The molecule has 0 amide bonds. The molecule has 0 spiro atoms. The van der Waals surface area contributed by atoms with Crippen molar-refractivity contribution in [1.82, 2.24) is 10.6 Å². The number of halogens is 3. The zero-order chi connectivity index (χ0) is 21.4.